The lowest BCUT2D eigenvalue weighted by Gasteiger charge is -2.51. The Morgan fingerprint density at radius 1 is 1.21 bits per heavy atom. The van der Waals surface area contributed by atoms with Crippen LogP contribution in [-0.4, -0.2) is 12.6 Å². The van der Waals surface area contributed by atoms with Gasteiger partial charge in [0.05, 0.1) is 12.6 Å². The molecule has 1 N–H and O–H groups in total. The minimum atomic E-state index is 0.652. The summed E-state index contributed by atoms with van der Waals surface area (Å²) in [6.45, 7) is 11.4. The summed E-state index contributed by atoms with van der Waals surface area (Å²) in [4.78, 5) is 1.71. The highest BCUT2D eigenvalue weighted by molar-refractivity contribution is 5.37. The zero-order valence-electron chi connectivity index (χ0n) is 11.8. The van der Waals surface area contributed by atoms with Gasteiger partial charge in [-0.1, -0.05) is 43.8 Å². The van der Waals surface area contributed by atoms with Gasteiger partial charge in [0.25, 0.3) is 0 Å². The van der Waals surface area contributed by atoms with Gasteiger partial charge in [-0.2, -0.15) is 0 Å². The van der Waals surface area contributed by atoms with Crippen LogP contribution in [0.3, 0.4) is 0 Å². The Kier molecular flexibility index (Phi) is 3.32. The van der Waals surface area contributed by atoms with E-state index in [9.17, 15) is 0 Å². The predicted octanol–water partition coefficient (Wildman–Crippen LogP) is 2.88. The molecule has 1 aromatic rings. The van der Waals surface area contributed by atoms with Crippen LogP contribution in [0.15, 0.2) is 49.6 Å². The molecular formula is C18H24N+. The number of rotatable bonds is 4. The van der Waals surface area contributed by atoms with E-state index < -0.39 is 0 Å². The molecule has 5 atom stereocenters. The molecular weight excluding hydrogens is 230 g/mol. The molecule has 1 nitrogen and oxygen atoms in total. The zero-order chi connectivity index (χ0) is 13.4. The Bertz CT molecular complexity index is 490. The van der Waals surface area contributed by atoms with Crippen LogP contribution in [0.2, 0.25) is 0 Å². The van der Waals surface area contributed by atoms with Gasteiger partial charge in [-0.05, 0) is 17.6 Å². The van der Waals surface area contributed by atoms with Crippen LogP contribution in [-0.2, 0) is 0 Å². The van der Waals surface area contributed by atoms with E-state index in [0.717, 1.165) is 18.9 Å². The van der Waals surface area contributed by atoms with Gasteiger partial charge in [-0.25, -0.2) is 0 Å². The Morgan fingerprint density at radius 3 is 2.63 bits per heavy atom. The van der Waals surface area contributed by atoms with Crippen LogP contribution in [0, 0.1) is 5.92 Å². The maximum absolute atomic E-state index is 3.97. The van der Waals surface area contributed by atoms with Crippen LogP contribution in [0.4, 0.5) is 0 Å². The van der Waals surface area contributed by atoms with Crippen LogP contribution < -0.4 is 4.90 Å². The maximum Gasteiger partial charge on any atom is 0.114 e. The fourth-order valence-electron chi connectivity index (χ4n) is 4.48. The molecule has 2 aliphatic heterocycles. The third-order valence-electron chi connectivity index (χ3n) is 5.11. The fraction of sp³-hybridized carbons (Fsp3) is 0.444. The van der Waals surface area contributed by atoms with Crippen LogP contribution in [0.25, 0.3) is 0 Å². The SMILES string of the molecule is C=CC[C@H]1[C@H]2c3ccccc3[C@H](C[C@H]2C)[NH+]1CC=C. The highest BCUT2D eigenvalue weighted by atomic mass is 15.2. The summed E-state index contributed by atoms with van der Waals surface area (Å²) in [6.07, 6.45) is 6.62. The Morgan fingerprint density at radius 2 is 1.95 bits per heavy atom. The summed E-state index contributed by atoms with van der Waals surface area (Å²) in [5.74, 6) is 1.48. The number of nitrogens with one attached hydrogen (secondary N) is 1. The number of benzene rings is 1. The fourth-order valence-corrected chi connectivity index (χ4v) is 4.48. The molecule has 0 amide bonds. The van der Waals surface area contributed by atoms with Gasteiger partial charge in [-0.15, -0.1) is 6.58 Å². The van der Waals surface area contributed by atoms with E-state index in [1.165, 1.54) is 6.42 Å². The smallest absolute Gasteiger partial charge is 0.114 e. The van der Waals surface area contributed by atoms with Gasteiger partial charge >= 0.3 is 0 Å². The van der Waals surface area contributed by atoms with E-state index in [-0.39, 0.29) is 0 Å². The van der Waals surface area contributed by atoms with Gasteiger partial charge in [0.2, 0.25) is 0 Å². The average Bonchev–Trinajstić information content (AvgIpc) is 2.42. The second kappa shape index (κ2) is 4.97. The second-order valence-corrected chi connectivity index (χ2v) is 6.12. The van der Waals surface area contributed by atoms with Crippen molar-refractivity contribution in [2.45, 2.75) is 37.8 Å². The normalized spacial score (nSPS) is 35.7. The lowest BCUT2D eigenvalue weighted by Crippen LogP contribution is -3.18. The molecule has 2 heterocycles. The Balaban J connectivity index is 2.08. The largest absolute Gasteiger partial charge is 0.322 e. The third-order valence-corrected chi connectivity index (χ3v) is 5.11. The van der Waals surface area contributed by atoms with Crippen molar-refractivity contribution in [1.29, 1.82) is 0 Å². The predicted molar refractivity (Wildman–Crippen MR) is 80.3 cm³/mol. The van der Waals surface area contributed by atoms with E-state index in [0.29, 0.717) is 18.0 Å². The molecule has 0 saturated carbocycles. The van der Waals surface area contributed by atoms with E-state index in [4.69, 9.17) is 0 Å². The number of quaternary nitrogens is 1. The maximum atomic E-state index is 3.97. The molecule has 100 valence electrons. The van der Waals surface area contributed by atoms with Gasteiger partial charge in [0.1, 0.15) is 6.04 Å². The summed E-state index contributed by atoms with van der Waals surface area (Å²) in [5, 5.41) is 0. The number of hydrogen-bond donors (Lipinski definition) is 1. The Hall–Kier alpha value is -1.34. The van der Waals surface area contributed by atoms with E-state index in [1.54, 1.807) is 16.0 Å². The Labute approximate surface area is 116 Å². The monoisotopic (exact) mass is 254 g/mol. The van der Waals surface area contributed by atoms with E-state index in [2.05, 4.69) is 56.5 Å². The van der Waals surface area contributed by atoms with Crippen molar-refractivity contribution < 1.29 is 4.90 Å². The number of fused-ring (bicyclic) bond motifs is 2. The summed E-state index contributed by atoms with van der Waals surface area (Å²) >= 11 is 0. The van der Waals surface area contributed by atoms with Crippen LogP contribution in [0.1, 0.15) is 42.9 Å². The molecule has 1 unspecified atom stereocenters. The molecule has 1 fully saturated rings. The summed E-state index contributed by atoms with van der Waals surface area (Å²) in [5.41, 5.74) is 3.19. The van der Waals surface area contributed by atoms with Crippen molar-refractivity contribution in [2.24, 2.45) is 5.92 Å². The molecule has 0 aromatic heterocycles. The minimum absolute atomic E-state index is 0.652. The summed E-state index contributed by atoms with van der Waals surface area (Å²) in [6, 6.07) is 10.4. The summed E-state index contributed by atoms with van der Waals surface area (Å²) < 4.78 is 0. The van der Waals surface area contributed by atoms with E-state index in [1.807, 2.05) is 0 Å². The topological polar surface area (TPSA) is 4.44 Å². The first-order chi connectivity index (χ1) is 9.27. The summed E-state index contributed by atoms with van der Waals surface area (Å²) in [7, 11) is 0. The molecule has 0 radical (unpaired) electrons. The van der Waals surface area contributed by atoms with Crippen LogP contribution in [0.5, 0.6) is 0 Å². The first kappa shape index (κ1) is 12.7. The van der Waals surface area contributed by atoms with E-state index >= 15 is 0 Å². The lowest BCUT2D eigenvalue weighted by atomic mass is 9.64. The molecule has 1 heteroatoms. The van der Waals surface area contributed by atoms with Crippen molar-refractivity contribution in [3.8, 4) is 0 Å². The van der Waals surface area contributed by atoms with Crippen molar-refractivity contribution in [2.75, 3.05) is 6.54 Å². The highest BCUT2D eigenvalue weighted by Gasteiger charge is 2.50. The highest BCUT2D eigenvalue weighted by Crippen LogP contribution is 2.46. The molecule has 1 aromatic carbocycles. The lowest BCUT2D eigenvalue weighted by molar-refractivity contribution is -0.961. The zero-order valence-corrected chi connectivity index (χ0v) is 11.8. The van der Waals surface area contributed by atoms with Gasteiger partial charge in [-0.3, -0.25) is 0 Å². The number of piperidine rings is 1. The molecule has 1 aliphatic carbocycles. The van der Waals surface area contributed by atoms with Crippen molar-refractivity contribution in [1.82, 2.24) is 0 Å². The molecule has 4 rings (SSSR count). The molecule has 19 heavy (non-hydrogen) atoms. The molecule has 2 bridgehead atoms. The minimum Gasteiger partial charge on any atom is -0.322 e. The first-order valence-electron chi connectivity index (χ1n) is 7.44. The van der Waals surface area contributed by atoms with Gasteiger partial charge in [0.15, 0.2) is 0 Å². The van der Waals surface area contributed by atoms with Crippen molar-refractivity contribution in [3.63, 3.8) is 0 Å². The third kappa shape index (κ3) is 1.88. The quantitative estimate of drug-likeness (QED) is 0.788. The van der Waals surface area contributed by atoms with Crippen molar-refractivity contribution >= 4 is 0 Å². The molecule has 1 saturated heterocycles. The standard InChI is InChI=1S/C18H23N/c1-4-8-16-18-13(3)12-17(19(16)11-5-2)14-9-6-7-10-15(14)18/h4-7,9-10,13,16-18H,1-2,8,11-12H2,3H3/p+1/t13-,16+,17+,18-/m1/s1. The second-order valence-electron chi connectivity index (χ2n) is 6.12. The van der Waals surface area contributed by atoms with Crippen LogP contribution >= 0.6 is 0 Å². The molecule has 3 aliphatic rings. The van der Waals surface area contributed by atoms with Gasteiger partial charge < -0.3 is 4.90 Å². The van der Waals surface area contributed by atoms with Crippen molar-refractivity contribution in [3.05, 3.63) is 60.7 Å². The first-order valence-corrected chi connectivity index (χ1v) is 7.44. The molecule has 0 spiro atoms. The average molecular weight is 254 g/mol. The van der Waals surface area contributed by atoms with Gasteiger partial charge in [0, 0.05) is 24.3 Å². The number of hydrogen-bond acceptors (Lipinski definition) is 0.